The molecule has 1 amide bonds. The van der Waals surface area contributed by atoms with E-state index in [9.17, 15) is 28.1 Å². The summed E-state index contributed by atoms with van der Waals surface area (Å²) >= 11 is 0. The maximum absolute atomic E-state index is 12.9. The van der Waals surface area contributed by atoms with Crippen LogP contribution in [0.25, 0.3) is 0 Å². The van der Waals surface area contributed by atoms with Crippen LogP contribution in [0.1, 0.15) is 15.9 Å². The molecule has 1 heterocycles. The van der Waals surface area contributed by atoms with E-state index >= 15 is 0 Å². The molecular formula is C20H20F3N3O5. The molecule has 0 aromatic heterocycles. The average molecular weight is 439 g/mol. The molecule has 8 nitrogen and oxygen atoms in total. The topological polar surface area (TPSA) is 85.2 Å². The lowest BCUT2D eigenvalue weighted by molar-refractivity contribution is -0.384. The lowest BCUT2D eigenvalue weighted by Crippen LogP contribution is -2.49. The molecule has 0 bridgehead atoms. The Hall–Kier alpha value is -3.50. The quantitative estimate of drug-likeness (QED) is 0.523. The minimum Gasteiger partial charge on any atom is -0.497 e. The van der Waals surface area contributed by atoms with Crippen molar-refractivity contribution in [1.29, 1.82) is 0 Å². The van der Waals surface area contributed by atoms with E-state index in [1.165, 1.54) is 14.2 Å². The molecule has 0 saturated carbocycles. The number of alkyl halides is 3. The molecule has 1 fully saturated rings. The molecule has 166 valence electrons. The number of hydrogen-bond acceptors (Lipinski definition) is 6. The Labute approximate surface area is 175 Å². The van der Waals surface area contributed by atoms with Crippen LogP contribution in [0.15, 0.2) is 36.4 Å². The number of amides is 1. The minimum absolute atomic E-state index is 0.0909. The number of anilines is 1. The first-order valence-corrected chi connectivity index (χ1v) is 9.27. The second-order valence-electron chi connectivity index (χ2n) is 6.84. The van der Waals surface area contributed by atoms with Gasteiger partial charge in [-0.25, -0.2) is 0 Å². The first-order chi connectivity index (χ1) is 14.6. The molecule has 0 N–H and O–H groups in total. The van der Waals surface area contributed by atoms with Gasteiger partial charge in [0.1, 0.15) is 17.2 Å². The predicted octanol–water partition coefficient (Wildman–Crippen LogP) is 3.59. The van der Waals surface area contributed by atoms with Gasteiger partial charge >= 0.3 is 6.18 Å². The van der Waals surface area contributed by atoms with Crippen LogP contribution >= 0.6 is 0 Å². The van der Waals surface area contributed by atoms with E-state index in [0.717, 1.165) is 12.1 Å². The van der Waals surface area contributed by atoms with Gasteiger partial charge in [0.25, 0.3) is 11.6 Å². The van der Waals surface area contributed by atoms with Gasteiger partial charge in [0.2, 0.25) is 0 Å². The summed E-state index contributed by atoms with van der Waals surface area (Å²) in [6, 6.07) is 7.26. The second kappa shape index (κ2) is 8.70. The van der Waals surface area contributed by atoms with E-state index in [2.05, 4.69) is 0 Å². The van der Waals surface area contributed by atoms with Gasteiger partial charge in [-0.15, -0.1) is 0 Å². The highest BCUT2D eigenvalue weighted by Crippen LogP contribution is 2.37. The number of ether oxygens (including phenoxy) is 2. The van der Waals surface area contributed by atoms with Crippen LogP contribution in [0.4, 0.5) is 24.5 Å². The highest BCUT2D eigenvalue weighted by molar-refractivity contribution is 5.95. The predicted molar refractivity (Wildman–Crippen MR) is 106 cm³/mol. The summed E-state index contributed by atoms with van der Waals surface area (Å²) in [7, 11) is 2.94. The van der Waals surface area contributed by atoms with E-state index in [0.29, 0.717) is 23.1 Å². The molecule has 0 atom stereocenters. The highest BCUT2D eigenvalue weighted by Gasteiger charge is 2.34. The Morgan fingerprint density at radius 3 is 2.06 bits per heavy atom. The molecule has 2 aromatic rings. The third-order valence-corrected chi connectivity index (χ3v) is 5.01. The largest absolute Gasteiger partial charge is 0.497 e. The van der Waals surface area contributed by atoms with Crippen LogP contribution in [0.2, 0.25) is 0 Å². The number of piperazine rings is 1. The number of rotatable bonds is 5. The van der Waals surface area contributed by atoms with Gasteiger partial charge in [-0.05, 0) is 24.3 Å². The molecule has 0 unspecified atom stereocenters. The van der Waals surface area contributed by atoms with Gasteiger partial charge in [-0.1, -0.05) is 0 Å². The fourth-order valence-corrected chi connectivity index (χ4v) is 3.38. The smallest absolute Gasteiger partial charge is 0.416 e. The van der Waals surface area contributed by atoms with Crippen molar-refractivity contribution in [3.05, 3.63) is 57.6 Å². The van der Waals surface area contributed by atoms with Gasteiger partial charge in [0, 0.05) is 43.9 Å². The summed E-state index contributed by atoms with van der Waals surface area (Å²) in [6.45, 7) is 0.963. The molecule has 2 aromatic carbocycles. The van der Waals surface area contributed by atoms with E-state index in [4.69, 9.17) is 9.47 Å². The van der Waals surface area contributed by atoms with Crippen LogP contribution in [0.5, 0.6) is 11.5 Å². The molecule has 3 rings (SSSR count). The van der Waals surface area contributed by atoms with E-state index in [1.54, 1.807) is 28.0 Å². The molecule has 0 radical (unpaired) electrons. The Kier molecular flexibility index (Phi) is 6.23. The first kappa shape index (κ1) is 22.2. The monoisotopic (exact) mass is 439 g/mol. The molecule has 0 spiro atoms. The van der Waals surface area contributed by atoms with Crippen LogP contribution in [-0.2, 0) is 6.18 Å². The Morgan fingerprint density at radius 2 is 1.58 bits per heavy atom. The van der Waals surface area contributed by atoms with E-state index < -0.39 is 22.4 Å². The number of nitro benzene ring substituents is 1. The van der Waals surface area contributed by atoms with Gasteiger partial charge in [0.05, 0.1) is 24.7 Å². The Morgan fingerprint density at radius 1 is 1.00 bits per heavy atom. The molecule has 31 heavy (non-hydrogen) atoms. The number of benzene rings is 2. The van der Waals surface area contributed by atoms with Gasteiger partial charge in [-0.3, -0.25) is 14.9 Å². The average Bonchev–Trinajstić information content (AvgIpc) is 2.77. The highest BCUT2D eigenvalue weighted by atomic mass is 19.4. The van der Waals surface area contributed by atoms with E-state index in [-0.39, 0.29) is 37.8 Å². The lowest BCUT2D eigenvalue weighted by Gasteiger charge is -2.36. The maximum atomic E-state index is 12.9. The molecular weight excluding hydrogens is 419 g/mol. The summed E-state index contributed by atoms with van der Waals surface area (Å²) in [4.78, 5) is 26.6. The minimum atomic E-state index is -4.67. The number of carbonyl (C=O) groups excluding carboxylic acids is 1. The summed E-state index contributed by atoms with van der Waals surface area (Å²) < 4.78 is 49.1. The zero-order valence-electron chi connectivity index (χ0n) is 16.8. The number of hydrogen-bond donors (Lipinski definition) is 0. The zero-order valence-corrected chi connectivity index (χ0v) is 16.8. The number of methoxy groups -OCH3 is 2. The lowest BCUT2D eigenvalue weighted by atomic mass is 10.1. The molecule has 0 aliphatic carbocycles. The molecule has 1 aliphatic rings. The fraction of sp³-hybridized carbons (Fsp3) is 0.350. The molecule has 11 heteroatoms. The van der Waals surface area contributed by atoms with Crippen molar-refractivity contribution in [2.75, 3.05) is 45.3 Å². The summed E-state index contributed by atoms with van der Waals surface area (Å²) in [5, 5.41) is 11.3. The Balaban J connectivity index is 1.77. The molecule has 1 saturated heterocycles. The van der Waals surface area contributed by atoms with Crippen LogP contribution in [0, 0.1) is 10.1 Å². The summed E-state index contributed by atoms with van der Waals surface area (Å²) in [5.74, 6) is 0.655. The summed E-state index contributed by atoms with van der Waals surface area (Å²) in [6.07, 6.45) is -4.67. The normalized spacial score (nSPS) is 14.4. The standard InChI is InChI=1S/C20H20F3N3O5/c1-30-15-9-13(10-16(12-15)31-2)19(27)25-7-5-24(6-8-25)17-4-3-14(20(21,22)23)11-18(17)26(28)29/h3-4,9-12H,5-8H2,1-2H3. The Bertz CT molecular complexity index is 966. The SMILES string of the molecule is COc1cc(OC)cc(C(=O)N2CCN(c3ccc(C(F)(F)F)cc3[N+](=O)[O-])CC2)c1. The van der Waals surface area contributed by atoms with Crippen molar-refractivity contribution >= 4 is 17.3 Å². The van der Waals surface area contributed by atoms with Crippen molar-refractivity contribution in [2.24, 2.45) is 0 Å². The van der Waals surface area contributed by atoms with Crippen LogP contribution in [-0.4, -0.2) is 56.1 Å². The van der Waals surface area contributed by atoms with Crippen LogP contribution in [0.3, 0.4) is 0 Å². The molecule has 1 aliphatic heterocycles. The van der Waals surface area contributed by atoms with Crippen molar-refractivity contribution in [3.8, 4) is 11.5 Å². The van der Waals surface area contributed by atoms with Gasteiger partial charge < -0.3 is 19.3 Å². The van der Waals surface area contributed by atoms with Crippen molar-refractivity contribution in [1.82, 2.24) is 4.90 Å². The fourth-order valence-electron chi connectivity index (χ4n) is 3.38. The van der Waals surface area contributed by atoms with Crippen LogP contribution < -0.4 is 14.4 Å². The third kappa shape index (κ3) is 4.81. The second-order valence-corrected chi connectivity index (χ2v) is 6.84. The van der Waals surface area contributed by atoms with Crippen molar-refractivity contribution in [2.45, 2.75) is 6.18 Å². The first-order valence-electron chi connectivity index (χ1n) is 9.27. The van der Waals surface area contributed by atoms with Gasteiger partial charge in [-0.2, -0.15) is 13.2 Å². The third-order valence-electron chi connectivity index (χ3n) is 5.01. The number of halogens is 3. The number of carbonyl (C=O) groups is 1. The maximum Gasteiger partial charge on any atom is 0.416 e. The summed E-state index contributed by atoms with van der Waals surface area (Å²) in [5.41, 5.74) is -1.24. The van der Waals surface area contributed by atoms with Crippen molar-refractivity contribution < 1.29 is 32.4 Å². The zero-order chi connectivity index (χ0) is 22.8. The van der Waals surface area contributed by atoms with Gasteiger partial charge in [0.15, 0.2) is 0 Å². The van der Waals surface area contributed by atoms with Crippen molar-refractivity contribution in [3.63, 3.8) is 0 Å². The number of nitrogens with zero attached hydrogens (tertiary/aromatic N) is 3. The van der Waals surface area contributed by atoms with E-state index in [1.807, 2.05) is 0 Å². The number of nitro groups is 1.